The lowest BCUT2D eigenvalue weighted by Crippen LogP contribution is -2.34. The molecular weight excluding hydrogens is 462 g/mol. The van der Waals surface area contributed by atoms with E-state index in [-0.39, 0.29) is 17.4 Å². The van der Waals surface area contributed by atoms with Crippen molar-refractivity contribution in [1.29, 1.82) is 0 Å². The summed E-state index contributed by atoms with van der Waals surface area (Å²) in [6.45, 7) is 4.83. The molecule has 0 spiro atoms. The molecule has 0 aliphatic carbocycles. The first-order valence-electron chi connectivity index (χ1n) is 10.4. The first-order valence-corrected chi connectivity index (χ1v) is 14.9. The lowest BCUT2D eigenvalue weighted by molar-refractivity contribution is 0.364. The van der Waals surface area contributed by atoms with E-state index in [1.165, 1.54) is 6.26 Å². The van der Waals surface area contributed by atoms with Crippen molar-refractivity contribution in [3.05, 3.63) is 82.7 Å². The standard InChI is InChI=1S/C24H29NO4S3/c1-19(2)15-25(32(28,29)18-20-7-5-4-6-8-20)16-23-13-14-24(30-23)22-11-9-21(10-12-22)17-31(3,26)27/h4-14,19H,15-18H2,1-3H3. The van der Waals surface area contributed by atoms with E-state index in [1.807, 2.05) is 80.6 Å². The smallest absolute Gasteiger partial charge is 0.218 e. The highest BCUT2D eigenvalue weighted by atomic mass is 32.2. The molecule has 0 saturated heterocycles. The van der Waals surface area contributed by atoms with Gasteiger partial charge in [-0.1, -0.05) is 68.4 Å². The molecular formula is C24H29NO4S3. The van der Waals surface area contributed by atoms with Gasteiger partial charge >= 0.3 is 0 Å². The minimum atomic E-state index is -3.46. The Hall–Kier alpha value is -2.00. The van der Waals surface area contributed by atoms with Crippen LogP contribution in [0.5, 0.6) is 0 Å². The molecule has 3 aromatic rings. The molecule has 2 aromatic carbocycles. The second kappa shape index (κ2) is 10.3. The highest BCUT2D eigenvalue weighted by Gasteiger charge is 2.24. The minimum absolute atomic E-state index is 0.0133. The van der Waals surface area contributed by atoms with Gasteiger partial charge in [-0.25, -0.2) is 16.8 Å². The molecule has 0 saturated carbocycles. The van der Waals surface area contributed by atoms with E-state index >= 15 is 0 Å². The summed E-state index contributed by atoms with van der Waals surface area (Å²) < 4.78 is 50.8. The largest absolute Gasteiger partial charge is 0.229 e. The number of rotatable bonds is 10. The average molecular weight is 492 g/mol. The second-order valence-electron chi connectivity index (χ2n) is 8.46. The van der Waals surface area contributed by atoms with Gasteiger partial charge in [-0.2, -0.15) is 4.31 Å². The Balaban J connectivity index is 1.77. The van der Waals surface area contributed by atoms with Gasteiger partial charge in [0, 0.05) is 29.1 Å². The van der Waals surface area contributed by atoms with Crippen molar-refractivity contribution in [1.82, 2.24) is 4.31 Å². The predicted octanol–water partition coefficient (Wildman–Crippen LogP) is 4.95. The van der Waals surface area contributed by atoms with Gasteiger partial charge in [0.25, 0.3) is 0 Å². The third-order valence-electron chi connectivity index (χ3n) is 4.82. The molecule has 0 unspecified atom stereocenters. The molecule has 0 aliphatic rings. The van der Waals surface area contributed by atoms with E-state index < -0.39 is 19.9 Å². The molecule has 32 heavy (non-hydrogen) atoms. The van der Waals surface area contributed by atoms with Crippen molar-refractivity contribution in [3.8, 4) is 10.4 Å². The maximum absolute atomic E-state index is 13.1. The number of sulfone groups is 1. The molecule has 0 bridgehead atoms. The zero-order valence-corrected chi connectivity index (χ0v) is 21.0. The highest BCUT2D eigenvalue weighted by Crippen LogP contribution is 2.30. The Bertz CT molecular complexity index is 1230. The molecule has 8 heteroatoms. The Labute approximate surface area is 195 Å². The van der Waals surface area contributed by atoms with Crippen molar-refractivity contribution >= 4 is 31.2 Å². The van der Waals surface area contributed by atoms with E-state index in [0.717, 1.165) is 26.4 Å². The molecule has 0 N–H and O–H groups in total. The molecule has 1 aromatic heterocycles. The normalized spacial score (nSPS) is 12.5. The van der Waals surface area contributed by atoms with Crippen LogP contribution >= 0.6 is 11.3 Å². The predicted molar refractivity (Wildman–Crippen MR) is 133 cm³/mol. The molecule has 3 rings (SSSR count). The number of hydrogen-bond donors (Lipinski definition) is 0. The van der Waals surface area contributed by atoms with E-state index in [0.29, 0.717) is 13.1 Å². The van der Waals surface area contributed by atoms with E-state index in [2.05, 4.69) is 0 Å². The Morgan fingerprint density at radius 2 is 1.44 bits per heavy atom. The van der Waals surface area contributed by atoms with Crippen molar-refractivity contribution < 1.29 is 16.8 Å². The monoisotopic (exact) mass is 491 g/mol. The number of hydrogen-bond acceptors (Lipinski definition) is 5. The lowest BCUT2D eigenvalue weighted by Gasteiger charge is -2.23. The van der Waals surface area contributed by atoms with E-state index in [1.54, 1.807) is 15.6 Å². The van der Waals surface area contributed by atoms with Crippen LogP contribution in [-0.4, -0.2) is 33.9 Å². The summed E-state index contributed by atoms with van der Waals surface area (Å²) in [6.07, 6.45) is 1.22. The third-order valence-corrected chi connectivity index (χ3v) is 8.56. The average Bonchev–Trinajstić information content (AvgIpc) is 3.15. The lowest BCUT2D eigenvalue weighted by atomic mass is 10.1. The summed E-state index contributed by atoms with van der Waals surface area (Å²) in [4.78, 5) is 1.99. The van der Waals surface area contributed by atoms with Crippen LogP contribution in [0.2, 0.25) is 0 Å². The van der Waals surface area contributed by atoms with Crippen molar-refractivity contribution in [2.45, 2.75) is 31.9 Å². The van der Waals surface area contributed by atoms with Gasteiger partial charge in [-0.3, -0.25) is 0 Å². The van der Waals surface area contributed by atoms with Crippen molar-refractivity contribution in [2.75, 3.05) is 12.8 Å². The Kier molecular flexibility index (Phi) is 7.92. The zero-order chi connectivity index (χ0) is 23.4. The number of sulfonamides is 1. The Morgan fingerprint density at radius 1 is 0.812 bits per heavy atom. The minimum Gasteiger partial charge on any atom is -0.229 e. The van der Waals surface area contributed by atoms with Crippen molar-refractivity contribution in [2.24, 2.45) is 5.92 Å². The fraction of sp³-hybridized carbons (Fsp3) is 0.333. The molecule has 172 valence electrons. The molecule has 0 amide bonds. The van der Waals surface area contributed by atoms with Gasteiger partial charge in [0.2, 0.25) is 10.0 Å². The molecule has 0 aliphatic heterocycles. The van der Waals surface area contributed by atoms with Gasteiger partial charge in [0.1, 0.15) is 0 Å². The maximum Gasteiger partial charge on any atom is 0.218 e. The van der Waals surface area contributed by atoms with Gasteiger partial charge in [0.15, 0.2) is 9.84 Å². The van der Waals surface area contributed by atoms with Crippen LogP contribution in [0.3, 0.4) is 0 Å². The number of nitrogens with zero attached hydrogens (tertiary/aromatic N) is 1. The van der Waals surface area contributed by atoms with Crippen LogP contribution < -0.4 is 0 Å². The van der Waals surface area contributed by atoms with Crippen LogP contribution in [0.4, 0.5) is 0 Å². The molecule has 1 heterocycles. The third kappa shape index (κ3) is 7.27. The number of benzene rings is 2. The molecule has 0 atom stereocenters. The summed E-state index contributed by atoms with van der Waals surface area (Å²) in [7, 11) is -6.53. The van der Waals surface area contributed by atoms with E-state index in [4.69, 9.17) is 0 Å². The summed E-state index contributed by atoms with van der Waals surface area (Å²) >= 11 is 1.56. The molecule has 0 radical (unpaired) electrons. The first kappa shape index (κ1) is 24.6. The topological polar surface area (TPSA) is 71.5 Å². The van der Waals surface area contributed by atoms with Crippen LogP contribution in [0.1, 0.15) is 29.9 Å². The number of thiophene rings is 1. The zero-order valence-electron chi connectivity index (χ0n) is 18.6. The second-order valence-corrected chi connectivity index (χ2v) is 13.7. The van der Waals surface area contributed by atoms with Crippen molar-refractivity contribution in [3.63, 3.8) is 0 Å². The first-order chi connectivity index (χ1) is 15.0. The van der Waals surface area contributed by atoms with Crippen LogP contribution in [0.15, 0.2) is 66.7 Å². The van der Waals surface area contributed by atoms with Gasteiger partial charge in [0.05, 0.1) is 11.5 Å². The van der Waals surface area contributed by atoms with Gasteiger partial charge < -0.3 is 0 Å². The van der Waals surface area contributed by atoms with Crippen LogP contribution in [-0.2, 0) is 37.9 Å². The van der Waals surface area contributed by atoms with Crippen LogP contribution in [0.25, 0.3) is 10.4 Å². The van der Waals surface area contributed by atoms with Gasteiger partial charge in [-0.15, -0.1) is 11.3 Å². The Morgan fingerprint density at radius 3 is 2.03 bits per heavy atom. The summed E-state index contributed by atoms with van der Waals surface area (Å²) in [5, 5.41) is 0. The summed E-state index contributed by atoms with van der Waals surface area (Å²) in [5.74, 6) is 0.217. The van der Waals surface area contributed by atoms with Gasteiger partial charge in [-0.05, 0) is 34.7 Å². The summed E-state index contributed by atoms with van der Waals surface area (Å²) in [5.41, 5.74) is 2.52. The fourth-order valence-electron chi connectivity index (χ4n) is 3.42. The quantitative estimate of drug-likeness (QED) is 0.402. The maximum atomic E-state index is 13.1. The molecule has 5 nitrogen and oxygen atoms in total. The SMILES string of the molecule is CC(C)CN(Cc1ccc(-c2ccc(CS(C)(=O)=O)cc2)s1)S(=O)(=O)Cc1ccccc1. The fourth-order valence-corrected chi connectivity index (χ4v) is 6.99. The highest BCUT2D eigenvalue weighted by molar-refractivity contribution is 7.89. The van der Waals surface area contributed by atoms with E-state index in [9.17, 15) is 16.8 Å². The van der Waals surface area contributed by atoms with Crippen LogP contribution in [0, 0.1) is 5.92 Å². The summed E-state index contributed by atoms with van der Waals surface area (Å²) in [6, 6.07) is 20.7. The molecule has 0 fully saturated rings.